The highest BCUT2D eigenvalue weighted by molar-refractivity contribution is 5.92. The van der Waals surface area contributed by atoms with Crippen LogP contribution in [0.5, 0.6) is 0 Å². The first-order chi connectivity index (χ1) is 13.9. The maximum absolute atomic E-state index is 12.6. The van der Waals surface area contributed by atoms with Crippen molar-refractivity contribution in [3.8, 4) is 0 Å². The van der Waals surface area contributed by atoms with Gasteiger partial charge in [0.05, 0.1) is 0 Å². The lowest BCUT2D eigenvalue weighted by atomic mass is 10.1. The maximum Gasteiger partial charge on any atom is 0.270 e. The van der Waals surface area contributed by atoms with Gasteiger partial charge in [0.1, 0.15) is 5.69 Å². The molecule has 1 aromatic heterocycles. The predicted molar refractivity (Wildman–Crippen MR) is 113 cm³/mol. The molecule has 0 atom stereocenters. The first-order valence-electron chi connectivity index (χ1n) is 9.23. The van der Waals surface area contributed by atoms with Crippen molar-refractivity contribution >= 4 is 29.1 Å². The van der Waals surface area contributed by atoms with Gasteiger partial charge in [-0.2, -0.15) is 0 Å². The van der Waals surface area contributed by atoms with E-state index in [1.165, 1.54) is 6.92 Å². The van der Waals surface area contributed by atoms with Gasteiger partial charge in [-0.05, 0) is 43.7 Å². The molecule has 3 rings (SSSR count). The minimum Gasteiger partial charge on any atom is -0.347 e. The van der Waals surface area contributed by atoms with Gasteiger partial charge in [0.15, 0.2) is 0 Å². The summed E-state index contributed by atoms with van der Waals surface area (Å²) in [5.41, 5.74) is 4.48. The highest BCUT2D eigenvalue weighted by atomic mass is 16.2. The molecule has 0 aliphatic rings. The van der Waals surface area contributed by atoms with Crippen molar-refractivity contribution in [3.63, 3.8) is 0 Å². The van der Waals surface area contributed by atoms with Gasteiger partial charge in [0.2, 0.25) is 11.9 Å². The molecule has 0 aliphatic carbocycles. The zero-order valence-corrected chi connectivity index (χ0v) is 16.6. The number of hydrogen-bond acceptors (Lipinski definition) is 5. The third kappa shape index (κ3) is 5.87. The van der Waals surface area contributed by atoms with Gasteiger partial charge in [-0.3, -0.25) is 9.59 Å². The zero-order chi connectivity index (χ0) is 20.8. The molecule has 0 aliphatic heterocycles. The Labute approximate surface area is 169 Å². The molecule has 3 aromatic rings. The average molecular weight is 389 g/mol. The van der Waals surface area contributed by atoms with Crippen molar-refractivity contribution in [2.45, 2.75) is 27.3 Å². The molecule has 0 spiro atoms. The molecule has 7 heteroatoms. The number of benzene rings is 2. The second kappa shape index (κ2) is 8.97. The van der Waals surface area contributed by atoms with E-state index in [4.69, 9.17) is 0 Å². The Morgan fingerprint density at radius 3 is 2.45 bits per heavy atom. The van der Waals surface area contributed by atoms with Crippen molar-refractivity contribution in [2.24, 2.45) is 0 Å². The lowest BCUT2D eigenvalue weighted by molar-refractivity contribution is -0.114. The SMILES string of the molecule is CC(=O)Nc1cccc(Nc2nc(C)cc(C(=O)NCc3cccc(C)c3)n2)c1. The van der Waals surface area contributed by atoms with Crippen LogP contribution in [0.4, 0.5) is 17.3 Å². The number of nitrogens with zero attached hydrogens (tertiary/aromatic N) is 2. The zero-order valence-electron chi connectivity index (χ0n) is 16.6. The third-order valence-electron chi connectivity index (χ3n) is 4.06. The van der Waals surface area contributed by atoms with Crippen molar-refractivity contribution < 1.29 is 9.59 Å². The molecule has 3 N–H and O–H groups in total. The predicted octanol–water partition coefficient (Wildman–Crippen LogP) is 3.73. The quantitative estimate of drug-likeness (QED) is 0.597. The van der Waals surface area contributed by atoms with Crippen molar-refractivity contribution in [1.29, 1.82) is 0 Å². The topological polar surface area (TPSA) is 96.0 Å². The van der Waals surface area contributed by atoms with Gasteiger partial charge in [-0.15, -0.1) is 0 Å². The molecule has 1 heterocycles. The largest absolute Gasteiger partial charge is 0.347 e. The van der Waals surface area contributed by atoms with Gasteiger partial charge < -0.3 is 16.0 Å². The fourth-order valence-corrected chi connectivity index (χ4v) is 2.84. The molecule has 0 bridgehead atoms. The Morgan fingerprint density at radius 1 is 0.931 bits per heavy atom. The number of rotatable bonds is 6. The molecule has 2 aromatic carbocycles. The summed E-state index contributed by atoms with van der Waals surface area (Å²) in [6, 6.07) is 16.8. The summed E-state index contributed by atoms with van der Waals surface area (Å²) >= 11 is 0. The van der Waals surface area contributed by atoms with Crippen LogP contribution < -0.4 is 16.0 Å². The fourth-order valence-electron chi connectivity index (χ4n) is 2.84. The first kappa shape index (κ1) is 20.0. The van der Waals surface area contributed by atoms with Gasteiger partial charge >= 0.3 is 0 Å². The van der Waals surface area contributed by atoms with Gasteiger partial charge in [0.25, 0.3) is 5.91 Å². The van der Waals surface area contributed by atoms with Crippen molar-refractivity contribution in [1.82, 2.24) is 15.3 Å². The van der Waals surface area contributed by atoms with Crippen LogP contribution >= 0.6 is 0 Å². The van der Waals surface area contributed by atoms with E-state index in [0.717, 1.165) is 11.1 Å². The highest BCUT2D eigenvalue weighted by Gasteiger charge is 2.11. The number of aryl methyl sites for hydroxylation is 2. The summed E-state index contributed by atoms with van der Waals surface area (Å²) in [6.45, 7) is 5.69. The van der Waals surface area contributed by atoms with Gasteiger partial charge in [-0.1, -0.05) is 35.9 Å². The lowest BCUT2D eigenvalue weighted by Crippen LogP contribution is -2.24. The summed E-state index contributed by atoms with van der Waals surface area (Å²) in [5, 5.41) is 8.69. The van der Waals surface area contributed by atoms with E-state index < -0.39 is 0 Å². The van der Waals surface area contributed by atoms with Crippen LogP contribution in [0.15, 0.2) is 54.6 Å². The molecule has 7 nitrogen and oxygen atoms in total. The van der Waals surface area contributed by atoms with Crippen LogP contribution in [0.3, 0.4) is 0 Å². The van der Waals surface area contributed by atoms with E-state index in [1.807, 2.05) is 37.3 Å². The summed E-state index contributed by atoms with van der Waals surface area (Å²) in [5.74, 6) is -0.112. The number of aromatic nitrogens is 2. The van der Waals surface area contributed by atoms with E-state index in [0.29, 0.717) is 29.6 Å². The molecule has 0 fully saturated rings. The number of hydrogen-bond donors (Lipinski definition) is 3. The molecule has 2 amide bonds. The Kier molecular flexibility index (Phi) is 6.19. The first-order valence-corrected chi connectivity index (χ1v) is 9.23. The van der Waals surface area contributed by atoms with E-state index in [9.17, 15) is 9.59 Å². The third-order valence-corrected chi connectivity index (χ3v) is 4.06. The molecule has 0 unspecified atom stereocenters. The number of amides is 2. The van der Waals surface area contributed by atoms with Crippen LogP contribution in [-0.4, -0.2) is 21.8 Å². The van der Waals surface area contributed by atoms with Crippen LogP contribution in [-0.2, 0) is 11.3 Å². The molecule has 0 saturated heterocycles. The van der Waals surface area contributed by atoms with Gasteiger partial charge in [0, 0.05) is 30.5 Å². The van der Waals surface area contributed by atoms with Crippen LogP contribution in [0, 0.1) is 13.8 Å². The summed E-state index contributed by atoms with van der Waals surface area (Å²) in [6.07, 6.45) is 0. The minimum absolute atomic E-state index is 0.151. The van der Waals surface area contributed by atoms with Crippen molar-refractivity contribution in [2.75, 3.05) is 10.6 Å². The summed E-state index contributed by atoms with van der Waals surface area (Å²) < 4.78 is 0. The average Bonchev–Trinajstić information content (AvgIpc) is 2.65. The molecule has 0 saturated carbocycles. The van der Waals surface area contributed by atoms with E-state index in [2.05, 4.69) is 25.9 Å². The maximum atomic E-state index is 12.6. The monoisotopic (exact) mass is 389 g/mol. The van der Waals surface area contributed by atoms with Crippen molar-refractivity contribution in [3.05, 3.63) is 77.1 Å². The van der Waals surface area contributed by atoms with Crippen LogP contribution in [0.25, 0.3) is 0 Å². The highest BCUT2D eigenvalue weighted by Crippen LogP contribution is 2.18. The number of anilines is 3. The molecule has 29 heavy (non-hydrogen) atoms. The number of nitrogens with one attached hydrogen (secondary N) is 3. The van der Waals surface area contributed by atoms with Crippen LogP contribution in [0.2, 0.25) is 0 Å². The molecular formula is C22H23N5O2. The second-order valence-electron chi connectivity index (χ2n) is 6.78. The lowest BCUT2D eigenvalue weighted by Gasteiger charge is -2.10. The molecular weight excluding hydrogens is 366 g/mol. The summed E-state index contributed by atoms with van der Waals surface area (Å²) in [7, 11) is 0. The minimum atomic E-state index is -0.271. The second-order valence-corrected chi connectivity index (χ2v) is 6.78. The van der Waals surface area contributed by atoms with E-state index in [-0.39, 0.29) is 17.5 Å². The van der Waals surface area contributed by atoms with Crippen LogP contribution in [0.1, 0.15) is 34.2 Å². The Morgan fingerprint density at radius 2 is 1.69 bits per heavy atom. The van der Waals surface area contributed by atoms with E-state index in [1.54, 1.807) is 31.2 Å². The smallest absolute Gasteiger partial charge is 0.270 e. The normalized spacial score (nSPS) is 10.3. The van der Waals surface area contributed by atoms with Gasteiger partial charge in [-0.25, -0.2) is 9.97 Å². The fraction of sp³-hybridized carbons (Fsp3) is 0.182. The Bertz CT molecular complexity index is 1050. The number of carbonyl (C=O) groups is 2. The Hall–Kier alpha value is -3.74. The number of carbonyl (C=O) groups excluding carboxylic acids is 2. The molecule has 148 valence electrons. The van der Waals surface area contributed by atoms with E-state index >= 15 is 0 Å². The Balaban J connectivity index is 1.72. The standard InChI is InChI=1S/C22H23N5O2/c1-14-6-4-7-17(10-14)13-23-21(29)20-11-15(2)24-22(27-20)26-19-9-5-8-18(12-19)25-16(3)28/h4-12H,13H2,1-3H3,(H,23,29)(H,25,28)(H,24,26,27). The molecule has 0 radical (unpaired) electrons. The summed E-state index contributed by atoms with van der Waals surface area (Å²) in [4.78, 5) is 32.5.